The van der Waals surface area contributed by atoms with Gasteiger partial charge in [0.15, 0.2) is 11.8 Å². The number of Topliss-reactive ketones (excluding diaryl/α,β-unsaturated/α-hetero) is 1. The molecule has 0 fully saturated rings. The predicted molar refractivity (Wildman–Crippen MR) is 110 cm³/mol. The summed E-state index contributed by atoms with van der Waals surface area (Å²) < 4.78 is 0. The lowest BCUT2D eigenvalue weighted by Gasteiger charge is -2.17. The first-order valence-corrected chi connectivity index (χ1v) is 9.62. The highest BCUT2D eigenvalue weighted by Crippen LogP contribution is 2.14. The van der Waals surface area contributed by atoms with Crippen LogP contribution in [0.3, 0.4) is 0 Å². The molecule has 2 atom stereocenters. The summed E-state index contributed by atoms with van der Waals surface area (Å²) in [6, 6.07) is 15.6. The molecule has 4 nitrogen and oxygen atoms in total. The zero-order valence-electron chi connectivity index (χ0n) is 17.0. The molecule has 0 unspecified atom stereocenters. The van der Waals surface area contributed by atoms with Gasteiger partial charge in [-0.3, -0.25) is 9.59 Å². The van der Waals surface area contributed by atoms with E-state index in [0.29, 0.717) is 17.2 Å². The van der Waals surface area contributed by atoms with E-state index in [2.05, 4.69) is 55.7 Å². The summed E-state index contributed by atoms with van der Waals surface area (Å²) in [7, 11) is 0. The number of rotatable bonds is 8. The fourth-order valence-electron chi connectivity index (χ4n) is 3.10. The molecule has 0 saturated carbocycles. The van der Waals surface area contributed by atoms with Crippen molar-refractivity contribution in [2.75, 3.05) is 5.32 Å². The maximum absolute atomic E-state index is 12.5. The van der Waals surface area contributed by atoms with E-state index in [1.165, 1.54) is 18.1 Å². The minimum absolute atomic E-state index is 0.0165. The number of quaternary nitrogens is 1. The van der Waals surface area contributed by atoms with Gasteiger partial charge < -0.3 is 10.6 Å². The van der Waals surface area contributed by atoms with Crippen LogP contribution in [-0.2, 0) is 11.2 Å². The first-order chi connectivity index (χ1) is 12.8. The van der Waals surface area contributed by atoms with Crippen molar-refractivity contribution < 1.29 is 14.9 Å². The van der Waals surface area contributed by atoms with Crippen LogP contribution in [0.25, 0.3) is 0 Å². The van der Waals surface area contributed by atoms with Crippen LogP contribution in [0.5, 0.6) is 0 Å². The highest BCUT2D eigenvalue weighted by molar-refractivity contribution is 5.96. The van der Waals surface area contributed by atoms with Crippen molar-refractivity contribution in [1.82, 2.24) is 0 Å². The first-order valence-electron chi connectivity index (χ1n) is 9.62. The lowest BCUT2D eigenvalue weighted by molar-refractivity contribution is -0.709. The van der Waals surface area contributed by atoms with Crippen LogP contribution in [0.2, 0.25) is 0 Å². The molecule has 0 saturated heterocycles. The van der Waals surface area contributed by atoms with E-state index in [4.69, 9.17) is 0 Å². The van der Waals surface area contributed by atoms with E-state index in [1.54, 1.807) is 24.3 Å². The molecule has 0 aliphatic rings. The molecular weight excluding hydrogens is 336 g/mol. The Morgan fingerprint density at radius 2 is 1.52 bits per heavy atom. The van der Waals surface area contributed by atoms with E-state index in [-0.39, 0.29) is 23.8 Å². The number of anilines is 1. The predicted octanol–water partition coefficient (Wildman–Crippen LogP) is 3.74. The largest absolute Gasteiger partial charge is 0.330 e. The Balaban J connectivity index is 1.91. The monoisotopic (exact) mass is 367 g/mol. The Morgan fingerprint density at radius 1 is 0.926 bits per heavy atom. The summed E-state index contributed by atoms with van der Waals surface area (Å²) >= 11 is 0. The van der Waals surface area contributed by atoms with Gasteiger partial charge in [0.25, 0.3) is 5.91 Å². The van der Waals surface area contributed by atoms with Crippen LogP contribution in [0.1, 0.15) is 62.1 Å². The first kappa shape index (κ1) is 20.8. The SMILES string of the molecule is CC(=O)c1ccc(NC(=O)[C@H](C)[NH2+][C@@H](C)c2ccc(CC(C)C)cc2)cc1. The molecule has 0 heterocycles. The molecule has 144 valence electrons. The van der Waals surface area contributed by atoms with Crippen LogP contribution in [-0.4, -0.2) is 17.7 Å². The van der Waals surface area contributed by atoms with Crippen molar-refractivity contribution in [2.24, 2.45) is 5.92 Å². The molecule has 2 aromatic rings. The molecule has 0 bridgehead atoms. The number of ketones is 1. The van der Waals surface area contributed by atoms with Crippen molar-refractivity contribution >= 4 is 17.4 Å². The average Bonchev–Trinajstić information content (AvgIpc) is 2.62. The Labute approximate surface area is 162 Å². The zero-order chi connectivity index (χ0) is 20.0. The van der Waals surface area contributed by atoms with Gasteiger partial charge in [-0.25, -0.2) is 0 Å². The Kier molecular flexibility index (Phi) is 7.31. The molecule has 27 heavy (non-hydrogen) atoms. The van der Waals surface area contributed by atoms with Crippen molar-refractivity contribution in [3.63, 3.8) is 0 Å². The molecule has 2 rings (SSSR count). The minimum atomic E-state index is -0.220. The summed E-state index contributed by atoms with van der Waals surface area (Å²) in [5.74, 6) is 0.615. The summed E-state index contributed by atoms with van der Waals surface area (Å²) in [6.45, 7) is 9.99. The van der Waals surface area contributed by atoms with Crippen LogP contribution in [0, 0.1) is 5.92 Å². The Hall–Kier alpha value is -2.46. The Bertz CT molecular complexity index is 764. The molecule has 0 spiro atoms. The van der Waals surface area contributed by atoms with Crippen LogP contribution >= 0.6 is 0 Å². The second kappa shape index (κ2) is 9.47. The van der Waals surface area contributed by atoms with Gasteiger partial charge in [0.2, 0.25) is 0 Å². The van der Waals surface area contributed by atoms with Crippen molar-refractivity contribution in [3.8, 4) is 0 Å². The van der Waals surface area contributed by atoms with Gasteiger partial charge >= 0.3 is 0 Å². The quantitative estimate of drug-likeness (QED) is 0.698. The minimum Gasteiger partial charge on any atom is -0.330 e. The molecule has 3 N–H and O–H groups in total. The van der Waals surface area contributed by atoms with Gasteiger partial charge in [-0.15, -0.1) is 0 Å². The smallest absolute Gasteiger partial charge is 0.282 e. The van der Waals surface area contributed by atoms with E-state index < -0.39 is 0 Å². The van der Waals surface area contributed by atoms with Crippen LogP contribution in [0.15, 0.2) is 48.5 Å². The van der Waals surface area contributed by atoms with E-state index in [1.807, 2.05) is 6.92 Å². The number of benzene rings is 2. The van der Waals surface area contributed by atoms with Gasteiger partial charge in [0.05, 0.1) is 0 Å². The molecular formula is C23H31N2O2+. The Morgan fingerprint density at radius 3 is 2.04 bits per heavy atom. The lowest BCUT2D eigenvalue weighted by Crippen LogP contribution is -2.91. The highest BCUT2D eigenvalue weighted by atomic mass is 16.2. The molecule has 1 amide bonds. The molecule has 0 aliphatic heterocycles. The third kappa shape index (κ3) is 6.33. The number of carbonyl (C=O) groups excluding carboxylic acids is 2. The van der Waals surface area contributed by atoms with Gasteiger partial charge in [-0.05, 0) is 62.9 Å². The van der Waals surface area contributed by atoms with Crippen molar-refractivity contribution in [2.45, 2.75) is 53.1 Å². The summed E-state index contributed by atoms with van der Waals surface area (Å²) in [4.78, 5) is 23.8. The van der Waals surface area contributed by atoms with E-state index in [9.17, 15) is 9.59 Å². The zero-order valence-corrected chi connectivity index (χ0v) is 17.0. The van der Waals surface area contributed by atoms with Gasteiger partial charge in [-0.1, -0.05) is 38.1 Å². The molecule has 0 aromatic heterocycles. The maximum atomic E-state index is 12.5. The number of nitrogens with one attached hydrogen (secondary N) is 1. The number of hydrogen-bond acceptors (Lipinski definition) is 2. The standard InChI is InChI=1S/C23H30N2O2/c1-15(2)14-19-6-8-20(9-7-19)16(3)24-17(4)23(27)25-22-12-10-21(11-13-22)18(5)26/h6-13,15-17,24H,14H2,1-5H3,(H,25,27)/p+1/t16-,17-/m0/s1. The summed E-state index contributed by atoms with van der Waals surface area (Å²) in [5.41, 5.74) is 3.91. The van der Waals surface area contributed by atoms with Crippen LogP contribution < -0.4 is 10.6 Å². The number of hydrogen-bond donors (Lipinski definition) is 2. The normalized spacial score (nSPS) is 13.3. The molecule has 0 aliphatic carbocycles. The average molecular weight is 368 g/mol. The number of carbonyl (C=O) groups is 2. The van der Waals surface area contributed by atoms with Gasteiger partial charge in [0, 0.05) is 16.8 Å². The highest BCUT2D eigenvalue weighted by Gasteiger charge is 2.20. The summed E-state index contributed by atoms with van der Waals surface area (Å²) in [5, 5.41) is 4.98. The lowest BCUT2D eigenvalue weighted by atomic mass is 9.99. The number of nitrogens with two attached hydrogens (primary N) is 1. The van der Waals surface area contributed by atoms with Crippen LogP contribution in [0.4, 0.5) is 5.69 Å². The van der Waals surface area contributed by atoms with E-state index in [0.717, 1.165) is 6.42 Å². The molecule has 0 radical (unpaired) electrons. The third-order valence-electron chi connectivity index (χ3n) is 4.70. The van der Waals surface area contributed by atoms with Gasteiger partial charge in [0.1, 0.15) is 6.04 Å². The number of amides is 1. The molecule has 2 aromatic carbocycles. The fraction of sp³-hybridized carbons (Fsp3) is 0.391. The second-order valence-corrected chi connectivity index (χ2v) is 7.73. The van der Waals surface area contributed by atoms with E-state index >= 15 is 0 Å². The summed E-state index contributed by atoms with van der Waals surface area (Å²) in [6.07, 6.45) is 1.08. The molecule has 4 heteroatoms. The third-order valence-corrected chi connectivity index (χ3v) is 4.70. The van der Waals surface area contributed by atoms with Gasteiger partial charge in [-0.2, -0.15) is 0 Å². The maximum Gasteiger partial charge on any atom is 0.282 e. The fourth-order valence-corrected chi connectivity index (χ4v) is 3.10. The van der Waals surface area contributed by atoms with Crippen molar-refractivity contribution in [1.29, 1.82) is 0 Å². The second-order valence-electron chi connectivity index (χ2n) is 7.73. The topological polar surface area (TPSA) is 62.8 Å². The van der Waals surface area contributed by atoms with Crippen molar-refractivity contribution in [3.05, 3.63) is 65.2 Å².